The van der Waals surface area contributed by atoms with Crippen LogP contribution in [0.2, 0.25) is 0 Å². The first-order valence-corrected chi connectivity index (χ1v) is 5.03. The number of benzene rings is 1. The Morgan fingerprint density at radius 3 is 2.80 bits per heavy atom. The van der Waals surface area contributed by atoms with Crippen molar-refractivity contribution in [3.05, 3.63) is 33.8 Å². The second-order valence-corrected chi connectivity index (χ2v) is 3.79. The summed E-state index contributed by atoms with van der Waals surface area (Å²) in [6.45, 7) is 0. The Hall–Kier alpha value is -1.07. The number of oxime groups is 1. The molecule has 0 fully saturated rings. The molecule has 0 radical (unpaired) electrons. The monoisotopic (exact) mass is 291 g/mol. The van der Waals surface area contributed by atoms with Gasteiger partial charge >= 0.3 is 5.97 Å². The van der Waals surface area contributed by atoms with Crippen molar-refractivity contribution >= 4 is 38.7 Å². The number of rotatable bonds is 2. The number of hydrogen-bond acceptors (Lipinski definition) is 4. The lowest BCUT2D eigenvalue weighted by Crippen LogP contribution is -2.04. The summed E-state index contributed by atoms with van der Waals surface area (Å²) in [5.41, 5.74) is 0.750. The van der Waals surface area contributed by atoms with Crippen LogP contribution >= 0.6 is 27.5 Å². The van der Waals surface area contributed by atoms with Gasteiger partial charge in [0.25, 0.3) is 0 Å². The summed E-state index contributed by atoms with van der Waals surface area (Å²) in [5, 5.41) is 11.2. The molecule has 0 amide bonds. The minimum atomic E-state index is -0.494. The maximum atomic E-state index is 11.3. The summed E-state index contributed by atoms with van der Waals surface area (Å²) < 4.78 is 5.15. The van der Waals surface area contributed by atoms with Crippen molar-refractivity contribution in [2.24, 2.45) is 5.16 Å². The van der Waals surface area contributed by atoms with Gasteiger partial charge in [0, 0.05) is 10.0 Å². The van der Waals surface area contributed by atoms with Gasteiger partial charge in [0.2, 0.25) is 0 Å². The first-order chi connectivity index (χ1) is 7.10. The number of halogens is 2. The van der Waals surface area contributed by atoms with Gasteiger partial charge < -0.3 is 9.94 Å². The topological polar surface area (TPSA) is 58.9 Å². The van der Waals surface area contributed by atoms with Gasteiger partial charge in [-0.15, -0.1) is 0 Å². The van der Waals surface area contributed by atoms with Gasteiger partial charge in [-0.05, 0) is 28.1 Å². The van der Waals surface area contributed by atoms with E-state index < -0.39 is 5.97 Å². The summed E-state index contributed by atoms with van der Waals surface area (Å²) in [7, 11) is 1.28. The highest BCUT2D eigenvalue weighted by Crippen LogP contribution is 2.20. The molecule has 80 valence electrons. The zero-order valence-corrected chi connectivity index (χ0v) is 10.0. The van der Waals surface area contributed by atoms with Crippen molar-refractivity contribution in [1.82, 2.24) is 0 Å². The van der Waals surface area contributed by atoms with Crippen molar-refractivity contribution in [2.45, 2.75) is 0 Å². The van der Waals surface area contributed by atoms with Crippen molar-refractivity contribution in [3.63, 3.8) is 0 Å². The van der Waals surface area contributed by atoms with Gasteiger partial charge in [-0.1, -0.05) is 22.8 Å². The Morgan fingerprint density at radius 1 is 1.60 bits per heavy atom. The third-order valence-corrected chi connectivity index (χ3v) is 2.68. The molecule has 0 spiro atoms. The molecular weight excluding hydrogens is 285 g/mol. The highest BCUT2D eigenvalue weighted by molar-refractivity contribution is 9.10. The van der Waals surface area contributed by atoms with E-state index in [1.54, 1.807) is 12.1 Å². The fourth-order valence-corrected chi connectivity index (χ4v) is 1.50. The van der Waals surface area contributed by atoms with E-state index >= 15 is 0 Å². The van der Waals surface area contributed by atoms with E-state index in [4.69, 9.17) is 16.8 Å². The molecule has 1 rings (SSSR count). The van der Waals surface area contributed by atoms with E-state index in [1.165, 1.54) is 13.2 Å². The predicted octanol–water partition coefficient (Wildman–Crippen LogP) is 2.61. The molecule has 0 saturated carbocycles. The van der Waals surface area contributed by atoms with E-state index in [0.29, 0.717) is 15.6 Å². The Balaban J connectivity index is 3.22. The van der Waals surface area contributed by atoms with Gasteiger partial charge in [0.15, 0.2) is 5.17 Å². The zero-order chi connectivity index (χ0) is 11.4. The second-order valence-electron chi connectivity index (χ2n) is 2.58. The fourth-order valence-electron chi connectivity index (χ4n) is 0.978. The van der Waals surface area contributed by atoms with Gasteiger partial charge in [0.05, 0.1) is 12.7 Å². The summed E-state index contributed by atoms with van der Waals surface area (Å²) in [4.78, 5) is 11.3. The molecule has 0 aliphatic rings. The lowest BCUT2D eigenvalue weighted by molar-refractivity contribution is 0.0599. The standard InChI is InChI=1S/C9H7BrClNO3/c1-15-9(13)6-4-5(8(11)12-14)2-3-7(6)10/h2-4,14H,1H3/b12-8-. The number of hydrogen-bond donors (Lipinski definition) is 1. The third-order valence-electron chi connectivity index (χ3n) is 1.70. The number of carbonyl (C=O) groups excluding carboxylic acids is 1. The number of ether oxygens (including phenoxy) is 1. The quantitative estimate of drug-likeness (QED) is 0.394. The molecule has 4 nitrogen and oxygen atoms in total. The number of esters is 1. The smallest absolute Gasteiger partial charge is 0.339 e. The van der Waals surface area contributed by atoms with E-state index in [9.17, 15) is 4.79 Å². The van der Waals surface area contributed by atoms with Crippen molar-refractivity contribution < 1.29 is 14.7 Å². The molecule has 0 aliphatic carbocycles. The maximum absolute atomic E-state index is 11.3. The molecule has 0 atom stereocenters. The van der Waals surface area contributed by atoms with Crippen molar-refractivity contribution in [2.75, 3.05) is 7.11 Å². The molecule has 0 bridgehead atoms. The summed E-state index contributed by atoms with van der Waals surface area (Å²) in [5.74, 6) is -0.494. The van der Waals surface area contributed by atoms with E-state index in [0.717, 1.165) is 0 Å². The molecule has 0 unspecified atom stereocenters. The maximum Gasteiger partial charge on any atom is 0.339 e. The Morgan fingerprint density at radius 2 is 2.27 bits per heavy atom. The van der Waals surface area contributed by atoms with Gasteiger partial charge in [-0.25, -0.2) is 4.79 Å². The van der Waals surface area contributed by atoms with Gasteiger partial charge in [-0.2, -0.15) is 0 Å². The third kappa shape index (κ3) is 2.70. The fraction of sp³-hybridized carbons (Fsp3) is 0.111. The molecule has 15 heavy (non-hydrogen) atoms. The van der Waals surface area contributed by atoms with Crippen LogP contribution in [-0.2, 0) is 4.74 Å². The molecule has 0 saturated heterocycles. The lowest BCUT2D eigenvalue weighted by atomic mass is 10.1. The predicted molar refractivity (Wildman–Crippen MR) is 59.7 cm³/mol. The van der Waals surface area contributed by atoms with Crippen LogP contribution in [0.4, 0.5) is 0 Å². The second kappa shape index (κ2) is 5.14. The highest BCUT2D eigenvalue weighted by atomic mass is 79.9. The van der Waals surface area contributed by atoms with Crippen LogP contribution in [-0.4, -0.2) is 23.5 Å². The van der Waals surface area contributed by atoms with Crippen LogP contribution in [0.5, 0.6) is 0 Å². The molecule has 1 N–H and O–H groups in total. The molecule has 1 aromatic rings. The van der Waals surface area contributed by atoms with Crippen LogP contribution in [0.25, 0.3) is 0 Å². The molecule has 0 aliphatic heterocycles. The molecule has 6 heteroatoms. The normalized spacial score (nSPS) is 11.3. The zero-order valence-electron chi connectivity index (χ0n) is 7.70. The molecule has 1 aromatic carbocycles. The van der Waals surface area contributed by atoms with Crippen LogP contribution < -0.4 is 0 Å². The average molecular weight is 293 g/mol. The lowest BCUT2D eigenvalue weighted by Gasteiger charge is -2.04. The average Bonchev–Trinajstić information content (AvgIpc) is 2.27. The summed E-state index contributed by atoms with van der Waals surface area (Å²) >= 11 is 8.79. The minimum Gasteiger partial charge on any atom is -0.465 e. The Bertz CT molecular complexity index is 420. The SMILES string of the molecule is COC(=O)c1cc(/C(Cl)=N/O)ccc1Br. The molecule has 0 heterocycles. The first-order valence-electron chi connectivity index (χ1n) is 3.86. The van der Waals surface area contributed by atoms with Crippen molar-refractivity contribution in [1.29, 1.82) is 0 Å². The Kier molecular flexibility index (Phi) is 4.11. The number of methoxy groups -OCH3 is 1. The first kappa shape index (κ1) is 12.0. The summed E-state index contributed by atoms with van der Waals surface area (Å²) in [6.07, 6.45) is 0. The number of carbonyl (C=O) groups is 1. The van der Waals surface area contributed by atoms with Gasteiger partial charge in [-0.3, -0.25) is 0 Å². The van der Waals surface area contributed by atoms with Crippen LogP contribution in [0.15, 0.2) is 27.8 Å². The van der Waals surface area contributed by atoms with E-state index in [1.807, 2.05) is 0 Å². The van der Waals surface area contributed by atoms with Crippen molar-refractivity contribution in [3.8, 4) is 0 Å². The van der Waals surface area contributed by atoms with E-state index in [-0.39, 0.29) is 5.17 Å². The summed E-state index contributed by atoms with van der Waals surface area (Å²) in [6, 6.07) is 4.70. The molecular formula is C9H7BrClNO3. The van der Waals surface area contributed by atoms with E-state index in [2.05, 4.69) is 25.8 Å². The van der Waals surface area contributed by atoms with Crippen LogP contribution in [0, 0.1) is 0 Å². The Labute approximate surface area is 99.6 Å². The van der Waals surface area contributed by atoms with Crippen LogP contribution in [0.3, 0.4) is 0 Å². The van der Waals surface area contributed by atoms with Crippen LogP contribution in [0.1, 0.15) is 15.9 Å². The number of nitrogens with zero attached hydrogens (tertiary/aromatic N) is 1. The minimum absolute atomic E-state index is 0.0901. The van der Waals surface area contributed by atoms with Gasteiger partial charge in [0.1, 0.15) is 0 Å². The molecule has 0 aromatic heterocycles. The highest BCUT2D eigenvalue weighted by Gasteiger charge is 2.12. The largest absolute Gasteiger partial charge is 0.465 e.